The molecule has 2 rings (SSSR count). The fourth-order valence-electron chi connectivity index (χ4n) is 2.69. The summed E-state index contributed by atoms with van der Waals surface area (Å²) in [5.74, 6) is 2.27. The molecule has 88 valence electrons. The van der Waals surface area contributed by atoms with Crippen molar-refractivity contribution in [3.8, 4) is 0 Å². The second-order valence-corrected chi connectivity index (χ2v) is 6.87. The lowest BCUT2D eigenvalue weighted by atomic mass is 9.78. The van der Waals surface area contributed by atoms with E-state index in [0.29, 0.717) is 5.41 Å². The number of likely N-dealkylation sites (tertiary alicyclic amines) is 1. The van der Waals surface area contributed by atoms with Gasteiger partial charge in [-0.2, -0.15) is 11.8 Å². The molecule has 15 heavy (non-hydrogen) atoms. The van der Waals surface area contributed by atoms with E-state index in [9.17, 15) is 5.11 Å². The molecular formula is C12H23NOS. The van der Waals surface area contributed by atoms with Crippen LogP contribution in [-0.2, 0) is 0 Å². The van der Waals surface area contributed by atoms with E-state index in [1.807, 2.05) is 11.8 Å². The van der Waals surface area contributed by atoms with E-state index >= 15 is 0 Å². The Balaban J connectivity index is 1.78. The molecule has 0 aromatic heterocycles. The Bertz CT molecular complexity index is 220. The van der Waals surface area contributed by atoms with Gasteiger partial charge in [0.05, 0.1) is 5.60 Å². The van der Waals surface area contributed by atoms with Gasteiger partial charge in [-0.3, -0.25) is 4.90 Å². The van der Waals surface area contributed by atoms with Gasteiger partial charge in [-0.15, -0.1) is 0 Å². The van der Waals surface area contributed by atoms with E-state index in [1.165, 1.54) is 19.5 Å². The maximum Gasteiger partial charge on any atom is 0.0789 e. The van der Waals surface area contributed by atoms with Crippen LogP contribution in [0.4, 0.5) is 0 Å². The molecule has 0 bridgehead atoms. The van der Waals surface area contributed by atoms with Crippen molar-refractivity contribution >= 4 is 11.8 Å². The lowest BCUT2D eigenvalue weighted by Crippen LogP contribution is -2.59. The minimum absolute atomic E-state index is 0.375. The van der Waals surface area contributed by atoms with Gasteiger partial charge in [-0.25, -0.2) is 0 Å². The summed E-state index contributed by atoms with van der Waals surface area (Å²) in [5, 5.41) is 10.4. The summed E-state index contributed by atoms with van der Waals surface area (Å²) in [6.07, 6.45) is 3.23. The third kappa shape index (κ3) is 2.69. The Morgan fingerprint density at radius 2 is 1.87 bits per heavy atom. The van der Waals surface area contributed by atoms with Gasteiger partial charge in [-0.05, 0) is 36.2 Å². The summed E-state index contributed by atoms with van der Waals surface area (Å²) in [7, 11) is 0. The van der Waals surface area contributed by atoms with Crippen LogP contribution in [0.2, 0.25) is 0 Å². The minimum atomic E-state index is -0.375. The highest BCUT2D eigenvalue weighted by Crippen LogP contribution is 2.36. The third-order valence-electron chi connectivity index (χ3n) is 4.01. The maximum absolute atomic E-state index is 10.4. The standard InChI is InChI=1S/C12H23NOS/c1-3-11(2)8-13(9-11)10-12(14)4-6-15-7-5-12/h14H,3-10H2,1-2H3. The van der Waals surface area contributed by atoms with Crippen molar-refractivity contribution in [2.75, 3.05) is 31.1 Å². The molecule has 3 heteroatoms. The van der Waals surface area contributed by atoms with Crippen molar-refractivity contribution in [3.63, 3.8) is 0 Å². The molecule has 2 heterocycles. The molecule has 0 atom stereocenters. The Kier molecular flexibility index (Phi) is 3.34. The second kappa shape index (κ2) is 4.27. The van der Waals surface area contributed by atoms with Gasteiger partial charge in [0.15, 0.2) is 0 Å². The highest BCUT2D eigenvalue weighted by atomic mass is 32.2. The first-order valence-corrected chi connectivity index (χ1v) is 7.23. The maximum atomic E-state index is 10.4. The van der Waals surface area contributed by atoms with Gasteiger partial charge in [-0.1, -0.05) is 13.8 Å². The molecule has 0 saturated carbocycles. The van der Waals surface area contributed by atoms with Crippen LogP contribution in [0.15, 0.2) is 0 Å². The van der Waals surface area contributed by atoms with Gasteiger partial charge < -0.3 is 5.11 Å². The van der Waals surface area contributed by atoms with Gasteiger partial charge in [0.1, 0.15) is 0 Å². The smallest absolute Gasteiger partial charge is 0.0789 e. The summed E-state index contributed by atoms with van der Waals surface area (Å²) in [4.78, 5) is 2.43. The molecule has 0 unspecified atom stereocenters. The van der Waals surface area contributed by atoms with Crippen molar-refractivity contribution in [1.29, 1.82) is 0 Å². The summed E-state index contributed by atoms with van der Waals surface area (Å²) in [6.45, 7) is 7.88. The first kappa shape index (κ1) is 11.7. The molecule has 0 spiro atoms. The topological polar surface area (TPSA) is 23.5 Å². The number of hydrogen-bond donors (Lipinski definition) is 1. The molecule has 0 radical (unpaired) electrons. The highest BCUT2D eigenvalue weighted by Gasteiger charge is 2.41. The van der Waals surface area contributed by atoms with Crippen LogP contribution < -0.4 is 0 Å². The van der Waals surface area contributed by atoms with Gasteiger partial charge in [0, 0.05) is 19.6 Å². The van der Waals surface area contributed by atoms with E-state index in [-0.39, 0.29) is 5.60 Å². The van der Waals surface area contributed by atoms with Crippen LogP contribution in [0.3, 0.4) is 0 Å². The average molecular weight is 229 g/mol. The number of rotatable bonds is 3. The fraction of sp³-hybridized carbons (Fsp3) is 1.00. The lowest BCUT2D eigenvalue weighted by molar-refractivity contribution is -0.0661. The molecule has 1 N–H and O–H groups in total. The molecular weight excluding hydrogens is 206 g/mol. The van der Waals surface area contributed by atoms with E-state index in [2.05, 4.69) is 18.7 Å². The van der Waals surface area contributed by atoms with Crippen LogP contribution in [0.1, 0.15) is 33.1 Å². The SMILES string of the molecule is CCC1(C)CN(CC2(O)CCSCC2)C1. The Hall–Kier alpha value is 0.270. The van der Waals surface area contributed by atoms with E-state index in [1.54, 1.807) is 0 Å². The molecule has 2 fully saturated rings. The number of thioether (sulfide) groups is 1. The van der Waals surface area contributed by atoms with Crippen molar-refractivity contribution in [2.45, 2.75) is 38.7 Å². The first-order valence-electron chi connectivity index (χ1n) is 6.08. The van der Waals surface area contributed by atoms with Crippen molar-refractivity contribution in [1.82, 2.24) is 4.90 Å². The van der Waals surface area contributed by atoms with Crippen molar-refractivity contribution in [2.24, 2.45) is 5.41 Å². The fourth-order valence-corrected chi connectivity index (χ4v) is 3.95. The molecule has 0 aliphatic carbocycles. The monoisotopic (exact) mass is 229 g/mol. The Morgan fingerprint density at radius 3 is 2.40 bits per heavy atom. The summed E-state index contributed by atoms with van der Waals surface area (Å²) >= 11 is 1.98. The predicted molar refractivity (Wildman–Crippen MR) is 66.3 cm³/mol. The van der Waals surface area contributed by atoms with Gasteiger partial charge in [0.2, 0.25) is 0 Å². The normalized spacial score (nSPS) is 29.8. The number of β-amino-alcohol motifs (C(OH)–C–C–N with tert-alkyl or cyclic N) is 1. The van der Waals surface area contributed by atoms with Crippen LogP contribution in [0, 0.1) is 5.41 Å². The predicted octanol–water partition coefficient (Wildman–Crippen LogP) is 1.98. The van der Waals surface area contributed by atoms with Crippen LogP contribution in [-0.4, -0.2) is 46.7 Å². The molecule has 2 saturated heterocycles. The van der Waals surface area contributed by atoms with E-state index in [4.69, 9.17) is 0 Å². The summed E-state index contributed by atoms with van der Waals surface area (Å²) < 4.78 is 0. The second-order valence-electron chi connectivity index (χ2n) is 5.65. The minimum Gasteiger partial charge on any atom is -0.388 e. The Labute approximate surface area is 97.4 Å². The first-order chi connectivity index (χ1) is 7.05. The van der Waals surface area contributed by atoms with Crippen molar-refractivity contribution in [3.05, 3.63) is 0 Å². The van der Waals surface area contributed by atoms with E-state index in [0.717, 1.165) is 30.9 Å². The van der Waals surface area contributed by atoms with Crippen LogP contribution >= 0.6 is 11.8 Å². The number of hydrogen-bond acceptors (Lipinski definition) is 3. The third-order valence-corrected chi connectivity index (χ3v) is 4.99. The summed E-state index contributed by atoms with van der Waals surface area (Å²) in [6, 6.07) is 0. The van der Waals surface area contributed by atoms with Crippen LogP contribution in [0.5, 0.6) is 0 Å². The largest absolute Gasteiger partial charge is 0.388 e. The molecule has 0 aromatic rings. The molecule has 0 aromatic carbocycles. The zero-order chi connectivity index (χ0) is 10.9. The van der Waals surface area contributed by atoms with Crippen LogP contribution in [0.25, 0.3) is 0 Å². The highest BCUT2D eigenvalue weighted by molar-refractivity contribution is 7.99. The number of nitrogens with zero attached hydrogens (tertiary/aromatic N) is 1. The zero-order valence-corrected chi connectivity index (χ0v) is 10.8. The van der Waals surface area contributed by atoms with Gasteiger partial charge in [0.25, 0.3) is 0 Å². The zero-order valence-electron chi connectivity index (χ0n) is 9.96. The number of aliphatic hydroxyl groups is 1. The Morgan fingerprint density at radius 1 is 1.27 bits per heavy atom. The lowest BCUT2D eigenvalue weighted by Gasteiger charge is -2.51. The average Bonchev–Trinajstić information content (AvgIpc) is 2.16. The molecule has 0 amide bonds. The molecule has 2 nitrogen and oxygen atoms in total. The van der Waals surface area contributed by atoms with Crippen molar-refractivity contribution < 1.29 is 5.11 Å². The summed E-state index contributed by atoms with van der Waals surface area (Å²) in [5.41, 5.74) is 0.153. The van der Waals surface area contributed by atoms with E-state index < -0.39 is 0 Å². The molecule has 2 aliphatic rings. The quantitative estimate of drug-likeness (QED) is 0.800. The molecule has 2 aliphatic heterocycles. The van der Waals surface area contributed by atoms with Gasteiger partial charge >= 0.3 is 0 Å².